The lowest BCUT2D eigenvalue weighted by Gasteiger charge is -2.11. The third-order valence-electron chi connectivity index (χ3n) is 4.30. The molecule has 3 aromatic carbocycles. The van der Waals surface area contributed by atoms with Crippen LogP contribution < -0.4 is 15.4 Å². The van der Waals surface area contributed by atoms with E-state index in [2.05, 4.69) is 26.6 Å². The highest BCUT2D eigenvalue weighted by atomic mass is 79.9. The summed E-state index contributed by atoms with van der Waals surface area (Å²) in [7, 11) is 0. The van der Waals surface area contributed by atoms with Crippen LogP contribution in [0.15, 0.2) is 77.3 Å². The molecule has 0 aliphatic carbocycles. The van der Waals surface area contributed by atoms with Crippen molar-refractivity contribution in [3.8, 4) is 16.9 Å². The zero-order chi connectivity index (χ0) is 21.3. The molecule has 0 unspecified atom stereocenters. The normalized spacial score (nSPS) is 10.3. The smallest absolute Gasteiger partial charge is 0.262 e. The number of benzene rings is 3. The van der Waals surface area contributed by atoms with Crippen molar-refractivity contribution in [2.24, 2.45) is 0 Å². The standard InChI is InChI=1S/C24H23BrN2O3/c1-2-7-23(28)26-19-10-6-11-20(15-19)27-24(29)16-30-22-13-12-18(14-21(22)25)17-8-4-3-5-9-17/h3-6,8-15H,2,7,16H2,1H3,(H,26,28)(H,27,29). The average molecular weight is 467 g/mol. The van der Waals surface area contributed by atoms with Crippen LogP contribution in [0.5, 0.6) is 5.75 Å². The Hall–Kier alpha value is -3.12. The van der Waals surface area contributed by atoms with Crippen molar-refractivity contribution in [1.82, 2.24) is 0 Å². The topological polar surface area (TPSA) is 67.4 Å². The van der Waals surface area contributed by atoms with Gasteiger partial charge in [-0.3, -0.25) is 9.59 Å². The van der Waals surface area contributed by atoms with E-state index >= 15 is 0 Å². The van der Waals surface area contributed by atoms with Crippen molar-refractivity contribution in [2.75, 3.05) is 17.2 Å². The Morgan fingerprint density at radius 1 is 0.833 bits per heavy atom. The summed E-state index contributed by atoms with van der Waals surface area (Å²) in [6.45, 7) is 1.82. The van der Waals surface area contributed by atoms with Gasteiger partial charge in [-0.15, -0.1) is 0 Å². The van der Waals surface area contributed by atoms with Gasteiger partial charge >= 0.3 is 0 Å². The van der Waals surface area contributed by atoms with Gasteiger partial charge < -0.3 is 15.4 Å². The van der Waals surface area contributed by atoms with Crippen molar-refractivity contribution in [3.63, 3.8) is 0 Å². The first-order valence-electron chi connectivity index (χ1n) is 9.72. The van der Waals surface area contributed by atoms with Gasteiger partial charge in [-0.2, -0.15) is 0 Å². The molecule has 154 valence electrons. The Bertz CT molecular complexity index is 1020. The lowest BCUT2D eigenvalue weighted by atomic mass is 10.1. The molecule has 0 atom stereocenters. The van der Waals surface area contributed by atoms with Gasteiger partial charge in [0, 0.05) is 17.8 Å². The maximum Gasteiger partial charge on any atom is 0.262 e. The van der Waals surface area contributed by atoms with Crippen molar-refractivity contribution in [3.05, 3.63) is 77.3 Å². The minimum absolute atomic E-state index is 0.0480. The number of rotatable bonds is 8. The van der Waals surface area contributed by atoms with E-state index in [1.807, 2.05) is 55.5 Å². The monoisotopic (exact) mass is 466 g/mol. The molecule has 3 rings (SSSR count). The molecule has 0 saturated carbocycles. The Morgan fingerprint density at radius 2 is 1.53 bits per heavy atom. The number of carbonyl (C=O) groups excluding carboxylic acids is 2. The van der Waals surface area contributed by atoms with Gasteiger partial charge in [-0.1, -0.05) is 49.4 Å². The van der Waals surface area contributed by atoms with E-state index in [1.165, 1.54) is 0 Å². The van der Waals surface area contributed by atoms with E-state index in [9.17, 15) is 9.59 Å². The maximum absolute atomic E-state index is 12.3. The van der Waals surface area contributed by atoms with Gasteiger partial charge in [0.25, 0.3) is 5.91 Å². The number of carbonyl (C=O) groups is 2. The molecule has 30 heavy (non-hydrogen) atoms. The first kappa shape index (κ1) is 21.6. The van der Waals surface area contributed by atoms with E-state index in [0.717, 1.165) is 22.0 Å². The Morgan fingerprint density at radius 3 is 2.20 bits per heavy atom. The largest absolute Gasteiger partial charge is 0.483 e. The van der Waals surface area contributed by atoms with Crippen LogP contribution in [0.4, 0.5) is 11.4 Å². The molecule has 3 aromatic rings. The quantitative estimate of drug-likeness (QED) is 0.435. The predicted molar refractivity (Wildman–Crippen MR) is 124 cm³/mol. The SMILES string of the molecule is CCCC(=O)Nc1cccc(NC(=O)COc2ccc(-c3ccccc3)cc2Br)c1. The number of halogens is 1. The summed E-state index contributed by atoms with van der Waals surface area (Å²) in [6, 6.07) is 22.8. The minimum atomic E-state index is -0.286. The Balaban J connectivity index is 1.56. The number of amides is 2. The number of hydrogen-bond acceptors (Lipinski definition) is 3. The lowest BCUT2D eigenvalue weighted by Crippen LogP contribution is -2.20. The molecule has 0 saturated heterocycles. The molecule has 0 aromatic heterocycles. The molecule has 0 bridgehead atoms. The molecule has 2 N–H and O–H groups in total. The van der Waals surface area contributed by atoms with Crippen LogP contribution in [0, 0.1) is 0 Å². The molecule has 0 aliphatic rings. The number of ether oxygens (including phenoxy) is 1. The van der Waals surface area contributed by atoms with Gasteiger partial charge in [-0.05, 0) is 63.8 Å². The summed E-state index contributed by atoms with van der Waals surface area (Å²) in [5.41, 5.74) is 3.40. The van der Waals surface area contributed by atoms with Gasteiger partial charge in [-0.25, -0.2) is 0 Å². The van der Waals surface area contributed by atoms with Crippen molar-refractivity contribution in [1.29, 1.82) is 0 Å². The highest BCUT2D eigenvalue weighted by Crippen LogP contribution is 2.30. The van der Waals surface area contributed by atoms with E-state index < -0.39 is 0 Å². The minimum Gasteiger partial charge on any atom is -0.483 e. The van der Waals surface area contributed by atoms with Gasteiger partial charge in [0.1, 0.15) is 5.75 Å². The summed E-state index contributed by atoms with van der Waals surface area (Å²) in [5, 5.41) is 5.60. The summed E-state index contributed by atoms with van der Waals surface area (Å²) in [4.78, 5) is 24.0. The van der Waals surface area contributed by atoms with Crippen LogP contribution in [0.2, 0.25) is 0 Å². The first-order valence-corrected chi connectivity index (χ1v) is 10.5. The van der Waals surface area contributed by atoms with Gasteiger partial charge in [0.05, 0.1) is 4.47 Å². The maximum atomic E-state index is 12.3. The molecule has 5 nitrogen and oxygen atoms in total. The number of anilines is 2. The van der Waals surface area contributed by atoms with Crippen LogP contribution in [-0.2, 0) is 9.59 Å². The van der Waals surface area contributed by atoms with E-state index in [4.69, 9.17) is 4.74 Å². The van der Waals surface area contributed by atoms with Crippen molar-refractivity contribution < 1.29 is 14.3 Å². The zero-order valence-electron chi connectivity index (χ0n) is 16.7. The zero-order valence-corrected chi connectivity index (χ0v) is 18.2. The van der Waals surface area contributed by atoms with Crippen LogP contribution in [0.1, 0.15) is 19.8 Å². The molecule has 0 fully saturated rings. The lowest BCUT2D eigenvalue weighted by molar-refractivity contribution is -0.118. The Kier molecular flexibility index (Phi) is 7.63. The molecule has 0 heterocycles. The van der Waals surface area contributed by atoms with Crippen LogP contribution in [-0.4, -0.2) is 18.4 Å². The number of hydrogen-bond donors (Lipinski definition) is 2. The third-order valence-corrected chi connectivity index (χ3v) is 4.92. The fraction of sp³-hybridized carbons (Fsp3) is 0.167. The van der Waals surface area contributed by atoms with E-state index in [-0.39, 0.29) is 18.4 Å². The highest BCUT2D eigenvalue weighted by molar-refractivity contribution is 9.10. The van der Waals surface area contributed by atoms with E-state index in [0.29, 0.717) is 23.5 Å². The average Bonchev–Trinajstić information content (AvgIpc) is 2.74. The summed E-state index contributed by atoms with van der Waals surface area (Å²) < 4.78 is 6.44. The molecule has 0 spiro atoms. The Labute approximate surface area is 184 Å². The summed E-state index contributed by atoms with van der Waals surface area (Å²) >= 11 is 3.51. The fourth-order valence-corrected chi connectivity index (χ4v) is 3.39. The van der Waals surface area contributed by atoms with E-state index in [1.54, 1.807) is 24.3 Å². The van der Waals surface area contributed by atoms with Crippen molar-refractivity contribution in [2.45, 2.75) is 19.8 Å². The molecule has 2 amide bonds. The van der Waals surface area contributed by atoms with Gasteiger partial charge in [0.2, 0.25) is 5.91 Å². The third kappa shape index (κ3) is 6.19. The highest BCUT2D eigenvalue weighted by Gasteiger charge is 2.09. The van der Waals surface area contributed by atoms with Crippen LogP contribution >= 0.6 is 15.9 Å². The molecule has 6 heteroatoms. The molecular weight excluding hydrogens is 444 g/mol. The summed E-state index contributed by atoms with van der Waals surface area (Å²) in [5.74, 6) is 0.254. The molecule has 0 radical (unpaired) electrons. The van der Waals surface area contributed by atoms with Crippen LogP contribution in [0.3, 0.4) is 0 Å². The second kappa shape index (κ2) is 10.6. The molecule has 0 aliphatic heterocycles. The second-order valence-electron chi connectivity index (χ2n) is 6.73. The first-order chi connectivity index (χ1) is 14.5. The predicted octanol–water partition coefficient (Wildman–Crippen LogP) is 5.87. The second-order valence-corrected chi connectivity index (χ2v) is 7.58. The van der Waals surface area contributed by atoms with Gasteiger partial charge in [0.15, 0.2) is 6.61 Å². The fourth-order valence-electron chi connectivity index (χ4n) is 2.89. The molecular formula is C24H23BrN2O3. The summed E-state index contributed by atoms with van der Waals surface area (Å²) in [6.07, 6.45) is 1.24. The number of nitrogens with one attached hydrogen (secondary N) is 2. The van der Waals surface area contributed by atoms with Crippen molar-refractivity contribution >= 4 is 39.1 Å². The van der Waals surface area contributed by atoms with Crippen LogP contribution in [0.25, 0.3) is 11.1 Å².